The minimum absolute atomic E-state index is 0.0224. The molecule has 0 fully saturated rings. The maximum atomic E-state index is 13.9. The van der Waals surface area contributed by atoms with Gasteiger partial charge in [0.25, 0.3) is 11.1 Å². The first kappa shape index (κ1) is 23.6. The Balaban J connectivity index is 1.75. The third-order valence-electron chi connectivity index (χ3n) is 6.99. The summed E-state index contributed by atoms with van der Waals surface area (Å²) in [5, 5.41) is 19.5. The van der Waals surface area contributed by atoms with Crippen molar-refractivity contribution < 1.29 is 26.3 Å². The number of fused-ring (bicyclic) bond motifs is 6. The summed E-state index contributed by atoms with van der Waals surface area (Å²) in [5.74, 6) is 0. The van der Waals surface area contributed by atoms with Crippen LogP contribution in [0.1, 0.15) is 22.5 Å². The van der Waals surface area contributed by atoms with Crippen molar-refractivity contribution in [3.05, 3.63) is 79.6 Å². The zero-order valence-corrected chi connectivity index (χ0v) is 19.2. The Bertz CT molecular complexity index is 2480. The van der Waals surface area contributed by atoms with Crippen LogP contribution < -0.4 is 11.1 Å². The van der Waals surface area contributed by atoms with Crippen molar-refractivity contribution in [2.24, 2.45) is 0 Å². The average Bonchev–Trinajstić information content (AvgIpc) is 3.47. The highest BCUT2D eigenvalue weighted by atomic mass is 19.4. The normalized spacial score (nSPS) is 12.9. The van der Waals surface area contributed by atoms with Gasteiger partial charge in [0.05, 0.1) is 16.6 Å². The second-order valence-corrected chi connectivity index (χ2v) is 9.03. The lowest BCUT2D eigenvalue weighted by Crippen LogP contribution is -2.17. The van der Waals surface area contributed by atoms with E-state index >= 15 is 0 Å². The van der Waals surface area contributed by atoms with Crippen LogP contribution >= 0.6 is 0 Å². The molecule has 14 heteroatoms. The monoisotopic (exact) mass is 548 g/mol. The van der Waals surface area contributed by atoms with Gasteiger partial charge in [-0.15, -0.1) is 0 Å². The zero-order chi connectivity index (χ0) is 28.5. The quantitative estimate of drug-likeness (QED) is 0.195. The summed E-state index contributed by atoms with van der Waals surface area (Å²) in [7, 11) is 0. The molecule has 0 aliphatic carbocycles. The van der Waals surface area contributed by atoms with Gasteiger partial charge in [-0.3, -0.25) is 14.0 Å². The molecule has 4 aromatic heterocycles. The van der Waals surface area contributed by atoms with Crippen LogP contribution in [0.15, 0.2) is 46.0 Å². The first-order valence-electron chi connectivity index (χ1n) is 11.2. The third kappa shape index (κ3) is 2.74. The highest BCUT2D eigenvalue weighted by molar-refractivity contribution is 6.27. The molecule has 0 saturated carbocycles. The molecule has 0 spiro atoms. The lowest BCUT2D eigenvalue weighted by molar-refractivity contribution is -0.142. The fraction of sp³-hybridized carbons (Fsp3) is 0.0769. The maximum Gasteiger partial charge on any atom is 0.418 e. The maximum absolute atomic E-state index is 13.9. The number of benzene rings is 3. The molecule has 0 atom stereocenters. The van der Waals surface area contributed by atoms with E-state index in [2.05, 4.69) is 9.97 Å². The molecule has 0 N–H and O–H groups in total. The van der Waals surface area contributed by atoms with Crippen molar-refractivity contribution in [1.29, 1.82) is 10.5 Å². The van der Waals surface area contributed by atoms with Gasteiger partial charge in [-0.25, -0.2) is 14.4 Å². The van der Waals surface area contributed by atoms with Crippen LogP contribution in [-0.2, 0) is 12.4 Å². The van der Waals surface area contributed by atoms with Crippen molar-refractivity contribution in [2.45, 2.75) is 12.4 Å². The highest BCUT2D eigenvalue weighted by Crippen LogP contribution is 2.42. The van der Waals surface area contributed by atoms with Gasteiger partial charge in [0, 0.05) is 32.3 Å². The van der Waals surface area contributed by atoms with E-state index in [1.807, 2.05) is 0 Å². The number of hydrogen-bond acceptors (Lipinski definition) is 6. The van der Waals surface area contributed by atoms with Crippen LogP contribution in [0.5, 0.6) is 0 Å². The van der Waals surface area contributed by atoms with Gasteiger partial charge in [-0.2, -0.15) is 36.9 Å². The first-order chi connectivity index (χ1) is 18.9. The van der Waals surface area contributed by atoms with E-state index in [4.69, 9.17) is 0 Å². The summed E-state index contributed by atoms with van der Waals surface area (Å²) in [6.45, 7) is 0. The van der Waals surface area contributed by atoms with Crippen molar-refractivity contribution in [3.63, 3.8) is 0 Å². The molecule has 40 heavy (non-hydrogen) atoms. The topological polar surface area (TPSA) is 116 Å². The Kier molecular flexibility index (Phi) is 4.20. The number of hydrogen-bond donors (Lipinski definition) is 0. The number of imidazole rings is 2. The molecule has 4 heterocycles. The van der Waals surface area contributed by atoms with E-state index in [0.29, 0.717) is 10.5 Å². The summed E-state index contributed by atoms with van der Waals surface area (Å²) in [4.78, 5) is 35.2. The van der Waals surface area contributed by atoms with Crippen LogP contribution in [0.25, 0.3) is 54.6 Å². The Morgan fingerprint density at radius 1 is 0.700 bits per heavy atom. The number of pyridine rings is 2. The van der Waals surface area contributed by atoms with Gasteiger partial charge in [0.1, 0.15) is 28.9 Å². The van der Waals surface area contributed by atoms with Crippen LogP contribution in [-0.4, -0.2) is 18.8 Å². The summed E-state index contributed by atoms with van der Waals surface area (Å²) in [6.07, 6.45) is -10.4. The fourth-order valence-electron chi connectivity index (χ4n) is 5.39. The van der Waals surface area contributed by atoms with E-state index in [0.717, 1.165) is 4.40 Å². The van der Waals surface area contributed by atoms with Crippen LogP contribution in [0.4, 0.5) is 26.3 Å². The molecule has 0 aliphatic heterocycles. The smallest absolute Gasteiger partial charge is 0.268 e. The van der Waals surface area contributed by atoms with Crippen LogP contribution in [0, 0.1) is 22.7 Å². The largest absolute Gasteiger partial charge is 0.418 e. The molecular weight excluding hydrogens is 542 g/mol. The molecule has 0 aliphatic rings. The number of alkyl halides is 6. The van der Waals surface area contributed by atoms with Gasteiger partial charge in [0.15, 0.2) is 11.4 Å². The Morgan fingerprint density at radius 2 is 1.25 bits per heavy atom. The molecule has 7 aromatic rings. The van der Waals surface area contributed by atoms with Crippen molar-refractivity contribution in [3.8, 4) is 12.1 Å². The second-order valence-electron chi connectivity index (χ2n) is 9.03. The molecule has 0 unspecified atom stereocenters. The molecular formula is C26H6F6N6O2. The lowest BCUT2D eigenvalue weighted by Gasteiger charge is -2.13. The highest BCUT2D eigenvalue weighted by Gasteiger charge is 2.40. The number of rotatable bonds is 0. The molecule has 8 nitrogen and oxygen atoms in total. The molecule has 0 radical (unpaired) electrons. The number of halogens is 6. The van der Waals surface area contributed by atoms with Crippen LogP contribution in [0.3, 0.4) is 0 Å². The van der Waals surface area contributed by atoms with E-state index < -0.39 is 45.6 Å². The minimum Gasteiger partial charge on any atom is -0.268 e. The second kappa shape index (κ2) is 7.12. The number of aromatic nitrogens is 4. The molecule has 0 amide bonds. The third-order valence-corrected chi connectivity index (χ3v) is 6.99. The van der Waals surface area contributed by atoms with Gasteiger partial charge < -0.3 is 0 Å². The van der Waals surface area contributed by atoms with E-state index in [9.17, 15) is 46.5 Å². The first-order valence-corrected chi connectivity index (χ1v) is 11.2. The summed E-state index contributed by atoms with van der Waals surface area (Å²) >= 11 is 0. The van der Waals surface area contributed by atoms with Gasteiger partial charge >= 0.3 is 12.4 Å². The molecule has 194 valence electrons. The Morgan fingerprint density at radius 3 is 1.77 bits per heavy atom. The standard InChI is InChI=1S/C26H6F6N6O2/c27-25(28,29)9-5-14(26(30,31)32)20-16(6-9)37-22(36-20)11-2-4-13-18-10(1-3-12(19(11)18)23(37)39)21-35-15(7-33)17(8-34)38(21)24(13)40/h1-6H. The predicted molar refractivity (Wildman–Crippen MR) is 128 cm³/mol. The molecule has 7 rings (SSSR count). The zero-order valence-electron chi connectivity index (χ0n) is 19.2. The SMILES string of the molecule is N#Cc1nc2c3ccc4c(=O)n5c6cc(C(F)(F)F)cc(C(F)(F)F)c6nc5c5ccc(c(=O)n2c1C#N)c3c45. The molecule has 3 aromatic carbocycles. The molecule has 0 saturated heterocycles. The van der Waals surface area contributed by atoms with Crippen molar-refractivity contribution in [2.75, 3.05) is 0 Å². The van der Waals surface area contributed by atoms with Gasteiger partial charge in [-0.1, -0.05) is 0 Å². The van der Waals surface area contributed by atoms with Crippen LogP contribution in [0.2, 0.25) is 0 Å². The fourth-order valence-corrected chi connectivity index (χ4v) is 5.39. The summed E-state index contributed by atoms with van der Waals surface area (Å²) in [5.41, 5.74) is -7.42. The van der Waals surface area contributed by atoms with E-state index in [1.165, 1.54) is 24.3 Å². The van der Waals surface area contributed by atoms with E-state index in [1.54, 1.807) is 12.1 Å². The average molecular weight is 548 g/mol. The lowest BCUT2D eigenvalue weighted by atomic mass is 9.96. The van der Waals surface area contributed by atoms with Crippen molar-refractivity contribution >= 4 is 54.6 Å². The van der Waals surface area contributed by atoms with Gasteiger partial charge in [-0.05, 0) is 36.4 Å². The predicted octanol–water partition coefficient (Wildman–Crippen LogP) is 4.97. The summed E-state index contributed by atoms with van der Waals surface area (Å²) in [6, 6.07) is 9.25. The molecule has 0 bridgehead atoms. The van der Waals surface area contributed by atoms with Gasteiger partial charge in [0.2, 0.25) is 0 Å². The minimum atomic E-state index is -5.21. The Hall–Kier alpha value is -5.50. The van der Waals surface area contributed by atoms with Crippen molar-refractivity contribution in [1.82, 2.24) is 18.8 Å². The number of nitrogens with zero attached hydrogens (tertiary/aromatic N) is 6. The van der Waals surface area contributed by atoms with E-state index in [-0.39, 0.29) is 61.1 Å². The Labute approximate surface area is 214 Å². The summed E-state index contributed by atoms with van der Waals surface area (Å²) < 4.78 is 84.0. The number of nitriles is 2.